The van der Waals surface area contributed by atoms with Gasteiger partial charge in [-0.2, -0.15) is 0 Å². The molecule has 6 heteroatoms. The van der Waals surface area contributed by atoms with Gasteiger partial charge >= 0.3 is 0 Å². The second-order valence-corrected chi connectivity index (χ2v) is 9.89. The Balaban J connectivity index is 1.14. The average Bonchev–Trinajstić information content (AvgIpc) is 2.86. The van der Waals surface area contributed by atoms with Gasteiger partial charge in [0.05, 0.1) is 0 Å². The van der Waals surface area contributed by atoms with E-state index < -0.39 is 6.10 Å². The predicted octanol–water partition coefficient (Wildman–Crippen LogP) is 4.20. The zero-order valence-corrected chi connectivity index (χ0v) is 20.4. The molecule has 1 N–H and O–H groups in total. The van der Waals surface area contributed by atoms with Gasteiger partial charge in [-0.15, -0.1) is 0 Å². The van der Waals surface area contributed by atoms with Crippen molar-refractivity contribution in [3.8, 4) is 5.75 Å². The lowest BCUT2D eigenvalue weighted by molar-refractivity contribution is 0.0453. The van der Waals surface area contributed by atoms with Gasteiger partial charge in [0.15, 0.2) is 0 Å². The molecular formula is C29H32N2O4. The van der Waals surface area contributed by atoms with Crippen molar-refractivity contribution in [3.05, 3.63) is 76.9 Å². The summed E-state index contributed by atoms with van der Waals surface area (Å²) in [5.41, 5.74) is 3.61. The molecular weight excluding hydrogens is 440 g/mol. The number of hydrogen-bond donors (Lipinski definition) is 1. The molecule has 2 aliphatic rings. The van der Waals surface area contributed by atoms with Gasteiger partial charge in [0.1, 0.15) is 18.5 Å². The van der Waals surface area contributed by atoms with Crippen LogP contribution >= 0.6 is 0 Å². The number of nitrogens with zero attached hydrogens (tertiary/aromatic N) is 2. The molecule has 3 aromatic rings. The molecule has 5 rings (SSSR count). The van der Waals surface area contributed by atoms with E-state index in [0.717, 1.165) is 42.5 Å². The lowest BCUT2D eigenvalue weighted by Gasteiger charge is -2.36. The van der Waals surface area contributed by atoms with Crippen LogP contribution in [0.15, 0.2) is 54.6 Å². The first kappa shape index (κ1) is 23.5. The van der Waals surface area contributed by atoms with E-state index in [1.807, 2.05) is 61.5 Å². The molecule has 1 saturated heterocycles. The summed E-state index contributed by atoms with van der Waals surface area (Å²) in [5, 5.41) is 12.2. The maximum atomic E-state index is 13.2. The highest BCUT2D eigenvalue weighted by Gasteiger charge is 2.34. The number of β-amino-alcohol motifs (C(OH)–C–C–N with tert-alkyl or cyclic N) is 1. The maximum Gasteiger partial charge on any atom is 0.261 e. The molecule has 2 aliphatic heterocycles. The highest BCUT2D eigenvalue weighted by molar-refractivity contribution is 6.25. The smallest absolute Gasteiger partial charge is 0.261 e. The van der Waals surface area contributed by atoms with Crippen LogP contribution in [-0.2, 0) is 0 Å². The van der Waals surface area contributed by atoms with Crippen molar-refractivity contribution in [1.82, 2.24) is 9.80 Å². The Kier molecular flexibility index (Phi) is 6.58. The molecule has 0 bridgehead atoms. The quantitative estimate of drug-likeness (QED) is 0.522. The molecule has 0 aliphatic carbocycles. The molecule has 0 saturated carbocycles. The van der Waals surface area contributed by atoms with Crippen molar-refractivity contribution in [2.24, 2.45) is 5.92 Å². The fourth-order valence-corrected chi connectivity index (χ4v) is 5.20. The zero-order valence-electron chi connectivity index (χ0n) is 20.4. The molecule has 0 unspecified atom stereocenters. The second-order valence-electron chi connectivity index (χ2n) is 9.89. The van der Waals surface area contributed by atoms with Crippen molar-refractivity contribution in [3.63, 3.8) is 0 Å². The van der Waals surface area contributed by atoms with E-state index in [1.165, 1.54) is 16.0 Å². The number of hydrogen-bond acceptors (Lipinski definition) is 5. The monoisotopic (exact) mass is 472 g/mol. The Morgan fingerprint density at radius 3 is 2.23 bits per heavy atom. The third-order valence-electron chi connectivity index (χ3n) is 7.39. The fourth-order valence-electron chi connectivity index (χ4n) is 5.20. The highest BCUT2D eigenvalue weighted by atomic mass is 16.5. The van der Waals surface area contributed by atoms with Gasteiger partial charge in [-0.3, -0.25) is 14.5 Å². The van der Waals surface area contributed by atoms with Crippen molar-refractivity contribution in [2.75, 3.05) is 32.8 Å². The number of likely N-dealkylation sites (tertiary alicyclic amines) is 1. The summed E-state index contributed by atoms with van der Waals surface area (Å²) >= 11 is 0. The molecule has 0 radical (unpaired) electrons. The molecule has 2 amide bonds. The molecule has 1 atom stereocenters. The molecule has 35 heavy (non-hydrogen) atoms. The fraction of sp³-hybridized carbons (Fsp3) is 0.379. The van der Waals surface area contributed by atoms with Gasteiger partial charge in [-0.25, -0.2) is 0 Å². The molecule has 2 heterocycles. The van der Waals surface area contributed by atoms with Crippen molar-refractivity contribution in [1.29, 1.82) is 0 Å². The Morgan fingerprint density at radius 2 is 1.60 bits per heavy atom. The lowest BCUT2D eigenvalue weighted by atomic mass is 9.91. The molecule has 3 aromatic carbocycles. The minimum Gasteiger partial charge on any atom is -0.491 e. The van der Waals surface area contributed by atoms with Gasteiger partial charge in [-0.1, -0.05) is 30.3 Å². The largest absolute Gasteiger partial charge is 0.491 e. The number of aliphatic hydroxyl groups excluding tert-OH is 1. The van der Waals surface area contributed by atoms with E-state index in [2.05, 4.69) is 11.8 Å². The first-order chi connectivity index (χ1) is 16.9. The molecule has 182 valence electrons. The number of piperidine rings is 1. The zero-order chi connectivity index (χ0) is 24.5. The summed E-state index contributed by atoms with van der Waals surface area (Å²) in [4.78, 5) is 30.0. The Labute approximate surface area is 206 Å². The summed E-state index contributed by atoms with van der Waals surface area (Å²) in [6.45, 7) is 7.01. The number of aliphatic hydroxyl groups is 1. The normalized spacial score (nSPS) is 17.7. The van der Waals surface area contributed by atoms with Crippen LogP contribution in [0.25, 0.3) is 10.8 Å². The Bertz CT molecular complexity index is 1210. The number of rotatable bonds is 7. The summed E-state index contributed by atoms with van der Waals surface area (Å²) in [6, 6.07) is 17.2. The van der Waals surface area contributed by atoms with Crippen LogP contribution < -0.4 is 4.74 Å². The van der Waals surface area contributed by atoms with Gasteiger partial charge in [0, 0.05) is 29.6 Å². The maximum absolute atomic E-state index is 13.2. The predicted molar refractivity (Wildman–Crippen MR) is 136 cm³/mol. The number of imide groups is 1. The van der Waals surface area contributed by atoms with E-state index in [9.17, 15) is 14.7 Å². The van der Waals surface area contributed by atoms with Gasteiger partial charge in [-0.05, 0) is 86.5 Å². The standard InChI is InChI=1S/C29H32N2O4/c1-19-9-10-24(15-20(19)2)35-18-23(32)17-30-13-11-21(12-14-30)16-31-28(33)25-7-3-5-22-6-4-8-26(27(22)25)29(31)34/h3-10,15,21,23,32H,11-14,16-18H2,1-2H3/t23-/m0/s1. The summed E-state index contributed by atoms with van der Waals surface area (Å²) in [5.74, 6) is 0.646. The number of benzene rings is 3. The van der Waals surface area contributed by atoms with Crippen LogP contribution in [0.1, 0.15) is 44.7 Å². The van der Waals surface area contributed by atoms with Gasteiger partial charge < -0.3 is 14.7 Å². The highest BCUT2D eigenvalue weighted by Crippen LogP contribution is 2.31. The van der Waals surface area contributed by atoms with Crippen LogP contribution in [0.2, 0.25) is 0 Å². The van der Waals surface area contributed by atoms with E-state index in [4.69, 9.17) is 4.74 Å². The third kappa shape index (κ3) is 4.81. The first-order valence-corrected chi connectivity index (χ1v) is 12.4. The van der Waals surface area contributed by atoms with Crippen LogP contribution in [0.4, 0.5) is 0 Å². The number of amides is 2. The second kappa shape index (κ2) is 9.80. The topological polar surface area (TPSA) is 70.1 Å². The van der Waals surface area contributed by atoms with Crippen molar-refractivity contribution < 1.29 is 19.4 Å². The summed E-state index contributed by atoms with van der Waals surface area (Å²) in [6.07, 6.45) is 1.19. The van der Waals surface area contributed by atoms with Crippen LogP contribution in [-0.4, -0.2) is 65.6 Å². The molecule has 0 aromatic heterocycles. The third-order valence-corrected chi connectivity index (χ3v) is 7.39. The van der Waals surface area contributed by atoms with E-state index in [0.29, 0.717) is 24.2 Å². The van der Waals surface area contributed by atoms with E-state index in [-0.39, 0.29) is 24.3 Å². The van der Waals surface area contributed by atoms with Crippen molar-refractivity contribution in [2.45, 2.75) is 32.8 Å². The molecule has 6 nitrogen and oxygen atoms in total. The Morgan fingerprint density at radius 1 is 0.943 bits per heavy atom. The number of aryl methyl sites for hydroxylation is 2. The minimum absolute atomic E-state index is 0.194. The average molecular weight is 473 g/mol. The van der Waals surface area contributed by atoms with Gasteiger partial charge in [0.25, 0.3) is 11.8 Å². The van der Waals surface area contributed by atoms with Crippen molar-refractivity contribution >= 4 is 22.6 Å². The van der Waals surface area contributed by atoms with Crippen LogP contribution in [0.3, 0.4) is 0 Å². The van der Waals surface area contributed by atoms with Crippen LogP contribution in [0, 0.1) is 19.8 Å². The molecule has 1 fully saturated rings. The van der Waals surface area contributed by atoms with E-state index >= 15 is 0 Å². The number of carbonyl (C=O) groups is 2. The molecule has 0 spiro atoms. The number of ether oxygens (including phenoxy) is 1. The lowest BCUT2D eigenvalue weighted by Crippen LogP contribution is -2.46. The first-order valence-electron chi connectivity index (χ1n) is 12.4. The Hall–Kier alpha value is -3.22. The number of carbonyl (C=O) groups excluding carboxylic acids is 2. The summed E-state index contributed by atoms with van der Waals surface area (Å²) in [7, 11) is 0. The SMILES string of the molecule is Cc1ccc(OC[C@@H](O)CN2CCC(CN3C(=O)c4cccc5cccc(c45)C3=O)CC2)cc1C. The van der Waals surface area contributed by atoms with Gasteiger partial charge in [0.2, 0.25) is 0 Å². The summed E-state index contributed by atoms with van der Waals surface area (Å²) < 4.78 is 5.78. The van der Waals surface area contributed by atoms with Crippen LogP contribution in [0.5, 0.6) is 5.75 Å². The minimum atomic E-state index is -0.574. The van der Waals surface area contributed by atoms with E-state index in [1.54, 1.807) is 0 Å².